The number of nitrogens with zero attached hydrogens (tertiary/aromatic N) is 1. The van der Waals surface area contributed by atoms with Gasteiger partial charge in [0.25, 0.3) is 0 Å². The van der Waals surface area contributed by atoms with E-state index in [9.17, 15) is 0 Å². The molecule has 0 aromatic carbocycles. The van der Waals surface area contributed by atoms with Gasteiger partial charge in [-0.3, -0.25) is 0 Å². The number of piperidine rings is 1. The molecule has 3 rings (SSSR count). The fraction of sp³-hybridized carbons (Fsp3) is 1.00. The van der Waals surface area contributed by atoms with E-state index in [0.29, 0.717) is 11.5 Å². The Morgan fingerprint density at radius 1 is 1.35 bits per heavy atom. The van der Waals surface area contributed by atoms with E-state index in [1.807, 2.05) is 7.11 Å². The second-order valence-corrected chi connectivity index (χ2v) is 6.23. The van der Waals surface area contributed by atoms with Gasteiger partial charge in [-0.15, -0.1) is 0 Å². The Morgan fingerprint density at radius 3 is 3.00 bits per heavy atom. The van der Waals surface area contributed by atoms with Crippen molar-refractivity contribution in [3.63, 3.8) is 0 Å². The van der Waals surface area contributed by atoms with Crippen LogP contribution in [0.3, 0.4) is 0 Å². The van der Waals surface area contributed by atoms with Gasteiger partial charge in [-0.2, -0.15) is 0 Å². The molecule has 0 aromatic heterocycles. The molecule has 0 radical (unpaired) electrons. The van der Waals surface area contributed by atoms with E-state index in [1.54, 1.807) is 0 Å². The average molecular weight is 239 g/mol. The van der Waals surface area contributed by atoms with Crippen LogP contribution in [0.25, 0.3) is 0 Å². The van der Waals surface area contributed by atoms with E-state index < -0.39 is 0 Å². The number of hydrogen-bond donors (Lipinski definition) is 0. The predicted molar refractivity (Wildman–Crippen MR) is 67.1 cm³/mol. The third kappa shape index (κ3) is 2.51. The van der Waals surface area contributed by atoms with Crippen LogP contribution in [0.5, 0.6) is 0 Å². The molecule has 3 nitrogen and oxygen atoms in total. The van der Waals surface area contributed by atoms with Crippen LogP contribution in [0.1, 0.15) is 32.1 Å². The maximum atomic E-state index is 6.00. The summed E-state index contributed by atoms with van der Waals surface area (Å²) in [7, 11) is 1.83. The highest BCUT2D eigenvalue weighted by Gasteiger charge is 2.46. The third-order valence-corrected chi connectivity index (χ3v) is 4.71. The van der Waals surface area contributed by atoms with Crippen molar-refractivity contribution in [1.82, 2.24) is 4.90 Å². The summed E-state index contributed by atoms with van der Waals surface area (Å²) in [6.07, 6.45) is 7.05. The average Bonchev–Trinajstić information content (AvgIpc) is 3.13. The molecular weight excluding hydrogens is 214 g/mol. The van der Waals surface area contributed by atoms with E-state index in [1.165, 1.54) is 51.7 Å². The molecule has 2 atom stereocenters. The number of ether oxygens (including phenoxy) is 2. The molecule has 2 aliphatic heterocycles. The first-order valence-corrected chi connectivity index (χ1v) is 7.15. The lowest BCUT2D eigenvalue weighted by atomic mass is 9.73. The van der Waals surface area contributed by atoms with Crippen LogP contribution in [0, 0.1) is 11.3 Å². The highest BCUT2D eigenvalue weighted by Crippen LogP contribution is 2.41. The zero-order chi connectivity index (χ0) is 11.7. The van der Waals surface area contributed by atoms with Crippen LogP contribution in [0.4, 0.5) is 0 Å². The largest absolute Gasteiger partial charge is 0.384 e. The van der Waals surface area contributed by atoms with Crippen LogP contribution < -0.4 is 0 Å². The Kier molecular flexibility index (Phi) is 3.42. The van der Waals surface area contributed by atoms with Gasteiger partial charge < -0.3 is 14.4 Å². The second kappa shape index (κ2) is 4.87. The molecule has 0 aromatic rings. The number of rotatable bonds is 4. The lowest BCUT2D eigenvalue weighted by molar-refractivity contribution is -0.148. The Bertz CT molecular complexity index is 263. The molecule has 3 aliphatic rings. The Hall–Kier alpha value is -0.120. The quantitative estimate of drug-likeness (QED) is 0.748. The summed E-state index contributed by atoms with van der Waals surface area (Å²) in [6, 6.07) is 0. The number of methoxy groups -OCH3 is 1. The first-order chi connectivity index (χ1) is 8.32. The molecule has 3 heteroatoms. The summed E-state index contributed by atoms with van der Waals surface area (Å²) in [5.74, 6) is 0.996. The summed E-state index contributed by atoms with van der Waals surface area (Å²) < 4.78 is 11.5. The molecule has 0 N–H and O–H groups in total. The van der Waals surface area contributed by atoms with Crippen LogP contribution in [-0.2, 0) is 9.47 Å². The molecule has 1 saturated carbocycles. The molecule has 3 fully saturated rings. The molecule has 98 valence electrons. The number of fused-ring (bicyclic) bond motifs is 1. The zero-order valence-corrected chi connectivity index (χ0v) is 11.0. The third-order valence-electron chi connectivity index (χ3n) is 4.71. The first kappa shape index (κ1) is 11.9. The van der Waals surface area contributed by atoms with Crippen LogP contribution in [-0.4, -0.2) is 51.0 Å². The molecule has 0 spiro atoms. The smallest absolute Gasteiger partial charge is 0.0677 e. The fourth-order valence-corrected chi connectivity index (χ4v) is 3.70. The summed E-state index contributed by atoms with van der Waals surface area (Å²) in [6.45, 7) is 5.57. The minimum atomic E-state index is 0.292. The van der Waals surface area contributed by atoms with Gasteiger partial charge in [-0.05, 0) is 38.0 Å². The highest BCUT2D eigenvalue weighted by molar-refractivity contribution is 4.97. The van der Waals surface area contributed by atoms with E-state index in [4.69, 9.17) is 9.47 Å². The zero-order valence-electron chi connectivity index (χ0n) is 11.0. The van der Waals surface area contributed by atoms with Gasteiger partial charge in [-0.1, -0.05) is 0 Å². The monoisotopic (exact) mass is 239 g/mol. The van der Waals surface area contributed by atoms with Crippen molar-refractivity contribution in [2.24, 2.45) is 11.3 Å². The maximum absolute atomic E-state index is 6.00. The van der Waals surface area contributed by atoms with Crippen molar-refractivity contribution in [2.75, 3.05) is 40.0 Å². The van der Waals surface area contributed by atoms with Crippen molar-refractivity contribution in [2.45, 2.75) is 38.2 Å². The van der Waals surface area contributed by atoms with E-state index in [0.717, 1.165) is 19.1 Å². The van der Waals surface area contributed by atoms with Gasteiger partial charge in [-0.25, -0.2) is 0 Å². The molecule has 0 bridgehead atoms. The molecule has 17 heavy (non-hydrogen) atoms. The molecule has 1 aliphatic carbocycles. The normalized spacial score (nSPS) is 39.0. The van der Waals surface area contributed by atoms with Crippen molar-refractivity contribution >= 4 is 0 Å². The first-order valence-electron chi connectivity index (χ1n) is 7.15. The Balaban J connectivity index is 1.66. The summed E-state index contributed by atoms with van der Waals surface area (Å²) in [4.78, 5) is 2.67. The summed E-state index contributed by atoms with van der Waals surface area (Å²) in [5.41, 5.74) is 0.292. The standard InChI is InChI=1S/C14H25NO2/c1-16-11-14-6-2-8-17-13(14)5-7-15(10-14)9-12-3-4-12/h12-13H,2-11H2,1H3/t13-,14+/m0/s1. The fourth-order valence-electron chi connectivity index (χ4n) is 3.70. The maximum Gasteiger partial charge on any atom is 0.0677 e. The number of likely N-dealkylation sites (tertiary alicyclic amines) is 1. The van der Waals surface area contributed by atoms with Crippen molar-refractivity contribution in [1.29, 1.82) is 0 Å². The topological polar surface area (TPSA) is 21.7 Å². The summed E-state index contributed by atoms with van der Waals surface area (Å²) in [5, 5.41) is 0. The second-order valence-electron chi connectivity index (χ2n) is 6.23. The lowest BCUT2D eigenvalue weighted by Gasteiger charge is -2.50. The van der Waals surface area contributed by atoms with Crippen LogP contribution >= 0.6 is 0 Å². The van der Waals surface area contributed by atoms with E-state index >= 15 is 0 Å². The molecular formula is C14H25NO2. The minimum Gasteiger partial charge on any atom is -0.384 e. The van der Waals surface area contributed by atoms with Crippen molar-refractivity contribution in [3.05, 3.63) is 0 Å². The van der Waals surface area contributed by atoms with Crippen molar-refractivity contribution < 1.29 is 9.47 Å². The predicted octanol–water partition coefficient (Wildman–Crippen LogP) is 1.91. The Labute approximate surface area is 104 Å². The van der Waals surface area contributed by atoms with Crippen LogP contribution in [0.15, 0.2) is 0 Å². The van der Waals surface area contributed by atoms with Gasteiger partial charge in [0.2, 0.25) is 0 Å². The minimum absolute atomic E-state index is 0.292. The number of hydrogen-bond acceptors (Lipinski definition) is 3. The van der Waals surface area contributed by atoms with Crippen molar-refractivity contribution in [3.8, 4) is 0 Å². The van der Waals surface area contributed by atoms with Gasteiger partial charge in [0, 0.05) is 38.8 Å². The molecule has 2 heterocycles. The van der Waals surface area contributed by atoms with E-state index in [-0.39, 0.29) is 0 Å². The highest BCUT2D eigenvalue weighted by atomic mass is 16.5. The summed E-state index contributed by atoms with van der Waals surface area (Å²) >= 11 is 0. The van der Waals surface area contributed by atoms with Gasteiger partial charge in [0.05, 0.1) is 12.7 Å². The molecule has 0 amide bonds. The SMILES string of the molecule is COC[C@]12CCCO[C@H]1CCN(CC1CC1)C2. The molecule has 0 unspecified atom stereocenters. The van der Waals surface area contributed by atoms with Gasteiger partial charge in [0.1, 0.15) is 0 Å². The van der Waals surface area contributed by atoms with Gasteiger partial charge in [0.15, 0.2) is 0 Å². The van der Waals surface area contributed by atoms with Gasteiger partial charge >= 0.3 is 0 Å². The van der Waals surface area contributed by atoms with E-state index in [2.05, 4.69) is 4.90 Å². The Morgan fingerprint density at radius 2 is 2.24 bits per heavy atom. The lowest BCUT2D eigenvalue weighted by Crippen LogP contribution is -2.57. The molecule has 2 saturated heterocycles. The van der Waals surface area contributed by atoms with Crippen LogP contribution in [0.2, 0.25) is 0 Å².